The van der Waals surface area contributed by atoms with E-state index in [0.29, 0.717) is 18.4 Å². The zero-order valence-corrected chi connectivity index (χ0v) is 15.7. The van der Waals surface area contributed by atoms with Gasteiger partial charge < -0.3 is 14.3 Å². The van der Waals surface area contributed by atoms with E-state index in [9.17, 15) is 4.79 Å². The lowest BCUT2D eigenvalue weighted by Crippen LogP contribution is -2.44. The van der Waals surface area contributed by atoms with Crippen LogP contribution in [0.15, 0.2) is 4.52 Å². The monoisotopic (exact) mass is 348 g/mol. The van der Waals surface area contributed by atoms with Crippen molar-refractivity contribution < 1.29 is 9.32 Å². The van der Waals surface area contributed by atoms with Gasteiger partial charge in [0.1, 0.15) is 0 Å². The Kier molecular flexibility index (Phi) is 6.45. The lowest BCUT2D eigenvalue weighted by Gasteiger charge is -2.33. The third-order valence-corrected chi connectivity index (χ3v) is 5.49. The van der Waals surface area contributed by atoms with Crippen molar-refractivity contribution in [3.8, 4) is 0 Å². The fourth-order valence-electron chi connectivity index (χ4n) is 4.13. The molecule has 3 rings (SSSR count). The van der Waals surface area contributed by atoms with Crippen molar-refractivity contribution in [3.63, 3.8) is 0 Å². The van der Waals surface area contributed by atoms with Gasteiger partial charge in [0.15, 0.2) is 5.82 Å². The molecule has 140 valence electrons. The van der Waals surface area contributed by atoms with Crippen LogP contribution in [0.1, 0.15) is 69.0 Å². The van der Waals surface area contributed by atoms with E-state index in [0.717, 1.165) is 44.1 Å². The zero-order valence-electron chi connectivity index (χ0n) is 15.7. The van der Waals surface area contributed by atoms with E-state index >= 15 is 0 Å². The SMILES string of the molecule is CN(C)CC(=O)N1CCC[C@H](Cc2nc(C3CCCCCC3)no2)C1. The van der Waals surface area contributed by atoms with Gasteiger partial charge in [-0.05, 0) is 45.7 Å². The van der Waals surface area contributed by atoms with Gasteiger partial charge in [0.25, 0.3) is 0 Å². The summed E-state index contributed by atoms with van der Waals surface area (Å²) in [5.41, 5.74) is 0. The Morgan fingerprint density at radius 1 is 1.16 bits per heavy atom. The van der Waals surface area contributed by atoms with Crippen molar-refractivity contribution in [1.82, 2.24) is 19.9 Å². The molecule has 6 heteroatoms. The van der Waals surface area contributed by atoms with Gasteiger partial charge in [-0.25, -0.2) is 0 Å². The number of amides is 1. The minimum atomic E-state index is 0.222. The maximum Gasteiger partial charge on any atom is 0.236 e. The molecule has 0 aromatic carbocycles. The third kappa shape index (κ3) is 5.27. The molecule has 1 atom stereocenters. The van der Waals surface area contributed by atoms with E-state index in [1.807, 2.05) is 23.9 Å². The summed E-state index contributed by atoms with van der Waals surface area (Å²) in [6.45, 7) is 2.17. The minimum absolute atomic E-state index is 0.222. The van der Waals surface area contributed by atoms with Crippen LogP contribution in [-0.2, 0) is 11.2 Å². The lowest BCUT2D eigenvalue weighted by molar-refractivity contribution is -0.133. The highest BCUT2D eigenvalue weighted by Gasteiger charge is 2.26. The maximum atomic E-state index is 12.3. The van der Waals surface area contributed by atoms with Crippen LogP contribution in [0.2, 0.25) is 0 Å². The van der Waals surface area contributed by atoms with Crippen molar-refractivity contribution in [1.29, 1.82) is 0 Å². The van der Waals surface area contributed by atoms with Crippen molar-refractivity contribution in [2.24, 2.45) is 5.92 Å². The van der Waals surface area contributed by atoms with Gasteiger partial charge in [-0.15, -0.1) is 0 Å². The number of carbonyl (C=O) groups is 1. The first kappa shape index (κ1) is 18.4. The Morgan fingerprint density at radius 2 is 1.92 bits per heavy atom. The summed E-state index contributed by atoms with van der Waals surface area (Å²) >= 11 is 0. The first-order valence-corrected chi connectivity index (χ1v) is 9.87. The minimum Gasteiger partial charge on any atom is -0.341 e. The van der Waals surface area contributed by atoms with Gasteiger partial charge in [0.05, 0.1) is 6.54 Å². The Balaban J connectivity index is 1.54. The molecule has 0 bridgehead atoms. The zero-order chi connectivity index (χ0) is 17.6. The Morgan fingerprint density at radius 3 is 2.64 bits per heavy atom. The molecule has 0 N–H and O–H groups in total. The lowest BCUT2D eigenvalue weighted by atomic mass is 9.94. The number of rotatable bonds is 5. The van der Waals surface area contributed by atoms with E-state index in [1.54, 1.807) is 0 Å². The number of carbonyl (C=O) groups excluding carboxylic acids is 1. The molecule has 6 nitrogen and oxygen atoms in total. The van der Waals surface area contributed by atoms with E-state index < -0.39 is 0 Å². The number of hydrogen-bond donors (Lipinski definition) is 0. The van der Waals surface area contributed by atoms with Crippen LogP contribution in [0.3, 0.4) is 0 Å². The summed E-state index contributed by atoms with van der Waals surface area (Å²) in [4.78, 5) is 20.9. The third-order valence-electron chi connectivity index (χ3n) is 5.49. The molecule has 2 fully saturated rings. The summed E-state index contributed by atoms with van der Waals surface area (Å²) in [6, 6.07) is 0. The van der Waals surface area contributed by atoms with E-state index in [-0.39, 0.29) is 5.91 Å². The first-order valence-electron chi connectivity index (χ1n) is 9.87. The molecule has 0 radical (unpaired) electrons. The summed E-state index contributed by atoms with van der Waals surface area (Å²) in [5.74, 6) is 2.80. The first-order chi connectivity index (χ1) is 12.1. The highest BCUT2D eigenvalue weighted by Crippen LogP contribution is 2.30. The van der Waals surface area contributed by atoms with Crippen LogP contribution < -0.4 is 0 Å². The van der Waals surface area contributed by atoms with Crippen molar-refractivity contribution in [2.45, 2.75) is 63.7 Å². The van der Waals surface area contributed by atoms with Crippen molar-refractivity contribution >= 4 is 5.91 Å². The van der Waals surface area contributed by atoms with Crippen LogP contribution in [0.25, 0.3) is 0 Å². The van der Waals surface area contributed by atoms with Crippen LogP contribution in [0, 0.1) is 5.92 Å². The second kappa shape index (κ2) is 8.79. The average Bonchev–Trinajstić information content (AvgIpc) is 2.88. The van der Waals surface area contributed by atoms with Gasteiger partial charge in [-0.1, -0.05) is 30.8 Å². The fourth-order valence-corrected chi connectivity index (χ4v) is 4.13. The second-order valence-corrected chi connectivity index (χ2v) is 8.02. The molecule has 1 aliphatic carbocycles. The standard InChI is InChI=1S/C19H32N4O2/c1-22(2)14-18(24)23-11-7-8-15(13-23)12-17-20-19(21-25-17)16-9-5-3-4-6-10-16/h15-16H,3-14H2,1-2H3/t15-/m1/s1. The molecule has 0 spiro atoms. The number of likely N-dealkylation sites (N-methyl/N-ethyl adjacent to an activating group) is 1. The normalized spacial score (nSPS) is 23.0. The summed E-state index contributed by atoms with van der Waals surface area (Å²) < 4.78 is 5.55. The number of nitrogens with zero attached hydrogens (tertiary/aromatic N) is 4. The number of likely N-dealkylation sites (tertiary alicyclic amines) is 1. The topological polar surface area (TPSA) is 62.5 Å². The predicted octanol–water partition coefficient (Wildman–Crippen LogP) is 2.85. The molecular formula is C19H32N4O2. The van der Waals surface area contributed by atoms with Gasteiger partial charge >= 0.3 is 0 Å². The average molecular weight is 348 g/mol. The van der Waals surface area contributed by atoms with E-state index in [2.05, 4.69) is 5.16 Å². The largest absolute Gasteiger partial charge is 0.341 e. The highest BCUT2D eigenvalue weighted by molar-refractivity contribution is 5.78. The summed E-state index contributed by atoms with van der Waals surface area (Å²) in [7, 11) is 3.87. The molecule has 0 unspecified atom stereocenters. The van der Waals surface area contributed by atoms with Crippen molar-refractivity contribution in [3.05, 3.63) is 11.7 Å². The Labute approximate surface area is 150 Å². The quantitative estimate of drug-likeness (QED) is 0.766. The molecule has 1 aromatic heterocycles. The van der Waals surface area contributed by atoms with Gasteiger partial charge in [-0.2, -0.15) is 4.98 Å². The van der Waals surface area contributed by atoms with Gasteiger partial charge in [0, 0.05) is 25.4 Å². The smallest absolute Gasteiger partial charge is 0.236 e. The second-order valence-electron chi connectivity index (χ2n) is 8.02. The maximum absolute atomic E-state index is 12.3. The van der Waals surface area contributed by atoms with Crippen LogP contribution in [0.4, 0.5) is 0 Å². The molecule has 1 aromatic rings. The molecular weight excluding hydrogens is 316 g/mol. The van der Waals surface area contributed by atoms with Crippen LogP contribution >= 0.6 is 0 Å². The van der Waals surface area contributed by atoms with Crippen LogP contribution in [-0.4, -0.2) is 59.6 Å². The van der Waals surface area contributed by atoms with Gasteiger partial charge in [-0.3, -0.25) is 4.79 Å². The molecule has 1 saturated carbocycles. The highest BCUT2D eigenvalue weighted by atomic mass is 16.5. The Bertz CT molecular complexity index is 549. The summed E-state index contributed by atoms with van der Waals surface area (Å²) in [5, 5.41) is 4.27. The van der Waals surface area contributed by atoms with E-state index in [1.165, 1.54) is 38.5 Å². The number of aromatic nitrogens is 2. The Hall–Kier alpha value is -1.43. The molecule has 2 heterocycles. The number of piperidine rings is 1. The molecule has 25 heavy (non-hydrogen) atoms. The predicted molar refractivity (Wildman–Crippen MR) is 96.3 cm³/mol. The fraction of sp³-hybridized carbons (Fsp3) is 0.842. The van der Waals surface area contributed by atoms with E-state index in [4.69, 9.17) is 9.51 Å². The summed E-state index contributed by atoms with van der Waals surface area (Å²) in [6.07, 6.45) is 10.6. The van der Waals surface area contributed by atoms with Crippen molar-refractivity contribution in [2.75, 3.05) is 33.7 Å². The van der Waals surface area contributed by atoms with Crippen LogP contribution in [0.5, 0.6) is 0 Å². The van der Waals surface area contributed by atoms with Gasteiger partial charge in [0.2, 0.25) is 11.8 Å². The molecule has 1 amide bonds. The molecule has 1 aliphatic heterocycles. The number of hydrogen-bond acceptors (Lipinski definition) is 5. The molecule has 2 aliphatic rings. The molecule has 1 saturated heterocycles.